The van der Waals surface area contributed by atoms with Gasteiger partial charge in [-0.3, -0.25) is 14.4 Å². The molecule has 0 bridgehead atoms. The van der Waals surface area contributed by atoms with E-state index in [1.165, 1.54) is 0 Å². The highest BCUT2D eigenvalue weighted by atomic mass is 16.6. The second-order valence-corrected chi connectivity index (χ2v) is 8.58. The van der Waals surface area contributed by atoms with Crippen molar-refractivity contribution in [3.63, 3.8) is 0 Å². The summed E-state index contributed by atoms with van der Waals surface area (Å²) in [6.07, 6.45) is -0.337. The summed E-state index contributed by atoms with van der Waals surface area (Å²) in [5.74, 6) is -1.65. The molecule has 0 fully saturated rings. The minimum atomic E-state index is -0.877. The normalized spacial score (nSPS) is 13.4. The minimum Gasteiger partial charge on any atom is -0.465 e. The fourth-order valence-electron chi connectivity index (χ4n) is 2.43. The molecule has 0 aromatic heterocycles. The number of hydrogen-bond acceptors (Lipinski definition) is 6. The van der Waals surface area contributed by atoms with Crippen molar-refractivity contribution in [2.24, 2.45) is 11.8 Å². The van der Waals surface area contributed by atoms with Crippen LogP contribution in [0.15, 0.2) is 0 Å². The molecule has 0 spiro atoms. The fourth-order valence-corrected chi connectivity index (χ4v) is 2.43. The first-order chi connectivity index (χ1) is 13.3. The molecule has 0 aliphatic rings. The van der Waals surface area contributed by atoms with E-state index in [-0.39, 0.29) is 25.0 Å². The van der Waals surface area contributed by atoms with Gasteiger partial charge in [-0.15, -0.1) is 0 Å². The van der Waals surface area contributed by atoms with Crippen LogP contribution in [-0.4, -0.2) is 54.7 Å². The van der Waals surface area contributed by atoms with E-state index >= 15 is 0 Å². The maximum absolute atomic E-state index is 12.8. The number of amides is 3. The van der Waals surface area contributed by atoms with Crippen LogP contribution >= 0.6 is 0 Å². The van der Waals surface area contributed by atoms with Gasteiger partial charge in [0.25, 0.3) is 0 Å². The Morgan fingerprint density at radius 1 is 0.931 bits per heavy atom. The van der Waals surface area contributed by atoms with Crippen molar-refractivity contribution in [3.8, 4) is 0 Å². The first kappa shape index (κ1) is 26.7. The molecule has 9 nitrogen and oxygen atoms in total. The lowest BCUT2D eigenvalue weighted by Gasteiger charge is -2.27. The topological polar surface area (TPSA) is 123 Å². The van der Waals surface area contributed by atoms with Gasteiger partial charge in [-0.05, 0) is 46.0 Å². The van der Waals surface area contributed by atoms with Crippen molar-refractivity contribution in [3.05, 3.63) is 0 Å². The third-order valence-corrected chi connectivity index (χ3v) is 3.67. The van der Waals surface area contributed by atoms with Crippen LogP contribution in [-0.2, 0) is 23.9 Å². The SMILES string of the molecule is CCOC(=O)CNC(=O)[C@H](CC(C)C)NC(=O)[C@@H](NC(=O)OC(C)(C)C)C(C)C. The molecule has 0 unspecified atom stereocenters. The Hall–Kier alpha value is -2.32. The largest absolute Gasteiger partial charge is 0.465 e. The Morgan fingerprint density at radius 3 is 1.97 bits per heavy atom. The molecule has 3 N–H and O–H groups in total. The summed E-state index contributed by atoms with van der Waals surface area (Å²) in [5, 5.41) is 7.72. The molecular weight excluding hydrogens is 378 g/mol. The Kier molecular flexibility index (Phi) is 11.3. The second-order valence-electron chi connectivity index (χ2n) is 8.58. The van der Waals surface area contributed by atoms with Gasteiger partial charge in [0.2, 0.25) is 11.8 Å². The Morgan fingerprint density at radius 2 is 1.52 bits per heavy atom. The molecule has 0 rings (SSSR count). The number of esters is 1. The second kappa shape index (κ2) is 12.3. The number of hydrogen-bond donors (Lipinski definition) is 3. The van der Waals surface area contributed by atoms with Crippen molar-refractivity contribution in [2.75, 3.05) is 13.2 Å². The number of nitrogens with one attached hydrogen (secondary N) is 3. The van der Waals surface area contributed by atoms with Crippen LogP contribution in [0, 0.1) is 11.8 Å². The molecule has 29 heavy (non-hydrogen) atoms. The molecule has 168 valence electrons. The summed E-state index contributed by atoms with van der Waals surface area (Å²) < 4.78 is 10.00. The van der Waals surface area contributed by atoms with E-state index in [4.69, 9.17) is 9.47 Å². The average molecular weight is 416 g/mol. The molecule has 3 amide bonds. The molecule has 0 aromatic rings. The molecule has 0 heterocycles. The smallest absolute Gasteiger partial charge is 0.408 e. The quantitative estimate of drug-likeness (QED) is 0.467. The van der Waals surface area contributed by atoms with Crippen molar-refractivity contribution in [2.45, 2.75) is 79.5 Å². The highest BCUT2D eigenvalue weighted by Crippen LogP contribution is 2.10. The summed E-state index contributed by atoms with van der Waals surface area (Å²) in [6.45, 7) is 14.2. The number of alkyl carbamates (subject to hydrolysis) is 1. The van der Waals surface area contributed by atoms with Crippen LogP contribution in [0.1, 0.15) is 61.8 Å². The van der Waals surface area contributed by atoms with Crippen LogP contribution < -0.4 is 16.0 Å². The fraction of sp³-hybridized carbons (Fsp3) is 0.800. The Bertz CT molecular complexity index is 569. The molecule has 0 saturated heterocycles. The van der Waals surface area contributed by atoms with Gasteiger partial charge in [0, 0.05) is 0 Å². The number of carbonyl (C=O) groups is 4. The van der Waals surface area contributed by atoms with Gasteiger partial charge >= 0.3 is 12.1 Å². The van der Waals surface area contributed by atoms with E-state index < -0.39 is 41.6 Å². The van der Waals surface area contributed by atoms with E-state index in [0.29, 0.717) is 6.42 Å². The van der Waals surface area contributed by atoms with Crippen LogP contribution in [0.3, 0.4) is 0 Å². The standard InChI is InChI=1S/C20H37N3O6/c1-9-28-15(24)11-21-17(25)14(10-12(2)3)22-18(26)16(13(4)5)23-19(27)29-20(6,7)8/h12-14,16H,9-11H2,1-8H3,(H,21,25)(H,22,26)(H,23,27)/t14-,16-/m0/s1. The van der Waals surface area contributed by atoms with Gasteiger partial charge in [0.15, 0.2) is 0 Å². The number of carbonyl (C=O) groups excluding carboxylic acids is 4. The molecular formula is C20H37N3O6. The van der Waals surface area contributed by atoms with Gasteiger partial charge < -0.3 is 25.4 Å². The van der Waals surface area contributed by atoms with Gasteiger partial charge in [0.1, 0.15) is 24.2 Å². The lowest BCUT2D eigenvalue weighted by molar-refractivity contribution is -0.143. The molecule has 0 aromatic carbocycles. The predicted molar refractivity (Wildman–Crippen MR) is 109 cm³/mol. The van der Waals surface area contributed by atoms with Crippen molar-refractivity contribution < 1.29 is 28.7 Å². The van der Waals surface area contributed by atoms with Crippen LogP contribution in [0.5, 0.6) is 0 Å². The van der Waals surface area contributed by atoms with Crippen LogP contribution in [0.2, 0.25) is 0 Å². The lowest BCUT2D eigenvalue weighted by Crippen LogP contribution is -2.56. The predicted octanol–water partition coefficient (Wildman–Crippen LogP) is 1.75. The maximum atomic E-state index is 12.8. The third-order valence-electron chi connectivity index (χ3n) is 3.67. The highest BCUT2D eigenvalue weighted by Gasteiger charge is 2.30. The summed E-state index contributed by atoms with van der Waals surface area (Å²) in [4.78, 5) is 48.8. The molecule has 0 aliphatic carbocycles. The van der Waals surface area contributed by atoms with E-state index in [1.54, 1.807) is 41.5 Å². The van der Waals surface area contributed by atoms with E-state index in [9.17, 15) is 19.2 Å². The van der Waals surface area contributed by atoms with Gasteiger partial charge in [-0.2, -0.15) is 0 Å². The molecule has 0 aliphatic heterocycles. The first-order valence-electron chi connectivity index (χ1n) is 10.00. The zero-order valence-corrected chi connectivity index (χ0v) is 18.9. The van der Waals surface area contributed by atoms with Gasteiger partial charge in [-0.25, -0.2) is 4.79 Å². The maximum Gasteiger partial charge on any atom is 0.408 e. The minimum absolute atomic E-state index is 0.116. The average Bonchev–Trinajstić information content (AvgIpc) is 2.54. The molecule has 9 heteroatoms. The van der Waals surface area contributed by atoms with Crippen molar-refractivity contribution in [1.82, 2.24) is 16.0 Å². The van der Waals surface area contributed by atoms with Crippen molar-refractivity contribution in [1.29, 1.82) is 0 Å². The third kappa shape index (κ3) is 12.0. The molecule has 0 radical (unpaired) electrons. The van der Waals surface area contributed by atoms with Crippen molar-refractivity contribution >= 4 is 23.9 Å². The van der Waals surface area contributed by atoms with Gasteiger partial charge in [0.05, 0.1) is 6.61 Å². The summed E-state index contributed by atoms with van der Waals surface area (Å²) in [6, 6.07) is -1.73. The van der Waals surface area contributed by atoms with Crippen LogP contribution in [0.25, 0.3) is 0 Å². The first-order valence-corrected chi connectivity index (χ1v) is 10.00. The molecule has 0 saturated carbocycles. The Balaban J connectivity index is 5.12. The monoisotopic (exact) mass is 415 g/mol. The number of rotatable bonds is 10. The zero-order chi connectivity index (χ0) is 22.8. The van der Waals surface area contributed by atoms with E-state index in [1.807, 2.05) is 13.8 Å². The summed E-state index contributed by atoms with van der Waals surface area (Å²) in [7, 11) is 0. The highest BCUT2D eigenvalue weighted by molar-refractivity contribution is 5.92. The summed E-state index contributed by atoms with van der Waals surface area (Å²) in [5.41, 5.74) is -0.699. The van der Waals surface area contributed by atoms with Crippen LogP contribution in [0.4, 0.5) is 4.79 Å². The van der Waals surface area contributed by atoms with E-state index in [0.717, 1.165) is 0 Å². The van der Waals surface area contributed by atoms with E-state index in [2.05, 4.69) is 16.0 Å². The lowest BCUT2D eigenvalue weighted by atomic mass is 10.00. The molecule has 2 atom stereocenters. The number of ether oxygens (including phenoxy) is 2. The Labute approximate surface area is 173 Å². The summed E-state index contributed by atoms with van der Waals surface area (Å²) >= 11 is 0. The van der Waals surface area contributed by atoms with Gasteiger partial charge in [-0.1, -0.05) is 27.7 Å². The zero-order valence-electron chi connectivity index (χ0n) is 18.9.